The zero-order valence-corrected chi connectivity index (χ0v) is 14.8. The first kappa shape index (κ1) is 18.5. The molecular weight excluding hydrogens is 342 g/mol. The molecule has 26 heavy (non-hydrogen) atoms. The van der Waals surface area contributed by atoms with E-state index in [-0.39, 0.29) is 31.0 Å². The van der Waals surface area contributed by atoms with E-state index in [4.69, 9.17) is 0 Å². The van der Waals surface area contributed by atoms with Crippen LogP contribution in [0.1, 0.15) is 38.2 Å². The van der Waals surface area contributed by atoms with Crippen LogP contribution in [0.15, 0.2) is 18.2 Å². The highest BCUT2D eigenvalue weighted by Gasteiger charge is 2.49. The maximum Gasteiger partial charge on any atom is 0.289 e. The summed E-state index contributed by atoms with van der Waals surface area (Å²) < 4.78 is 27.4. The number of rotatable bonds is 4. The molecule has 1 aromatic rings. The lowest BCUT2D eigenvalue weighted by Crippen LogP contribution is -2.50. The van der Waals surface area contributed by atoms with Crippen molar-refractivity contribution in [3.63, 3.8) is 0 Å². The fourth-order valence-electron chi connectivity index (χ4n) is 3.93. The van der Waals surface area contributed by atoms with Gasteiger partial charge < -0.3 is 9.80 Å². The van der Waals surface area contributed by atoms with E-state index in [1.807, 2.05) is 0 Å². The number of hydrogen-bond acceptors (Lipinski definition) is 3. The van der Waals surface area contributed by atoms with E-state index >= 15 is 0 Å². The number of halogens is 2. The number of carbonyl (C=O) groups excluding carboxylic acids is 3. The molecule has 2 amide bonds. The number of carbonyl (C=O) groups is 3. The minimum Gasteiger partial charge on any atom is -0.338 e. The number of nitrogens with zero attached hydrogens (tertiary/aromatic N) is 2. The van der Waals surface area contributed by atoms with Gasteiger partial charge in [0.15, 0.2) is 11.6 Å². The molecule has 2 aliphatic heterocycles. The number of benzene rings is 1. The van der Waals surface area contributed by atoms with Gasteiger partial charge >= 0.3 is 0 Å². The summed E-state index contributed by atoms with van der Waals surface area (Å²) >= 11 is 0. The highest BCUT2D eigenvalue weighted by molar-refractivity contribution is 6.36. The summed E-state index contributed by atoms with van der Waals surface area (Å²) in [4.78, 5) is 39.8. The Balaban J connectivity index is 1.75. The van der Waals surface area contributed by atoms with Gasteiger partial charge in [-0.3, -0.25) is 14.4 Å². The summed E-state index contributed by atoms with van der Waals surface area (Å²) in [5, 5.41) is 0. The molecule has 0 radical (unpaired) electrons. The predicted molar refractivity (Wildman–Crippen MR) is 89.9 cm³/mol. The summed E-state index contributed by atoms with van der Waals surface area (Å²) in [6, 6.07) is 3.94. The Morgan fingerprint density at radius 3 is 2.69 bits per heavy atom. The lowest BCUT2D eigenvalue weighted by molar-refractivity contribution is -0.148. The fourth-order valence-corrected chi connectivity index (χ4v) is 3.93. The van der Waals surface area contributed by atoms with Gasteiger partial charge in [-0.25, -0.2) is 8.78 Å². The normalized spacial score (nSPS) is 23.0. The molecule has 1 aromatic carbocycles. The zero-order valence-electron chi connectivity index (χ0n) is 14.8. The van der Waals surface area contributed by atoms with Crippen LogP contribution in [0.25, 0.3) is 0 Å². The molecule has 0 N–H and O–H groups in total. The van der Waals surface area contributed by atoms with E-state index in [1.165, 1.54) is 21.9 Å². The average Bonchev–Trinajstić information content (AvgIpc) is 3.06. The van der Waals surface area contributed by atoms with Gasteiger partial charge in [-0.05, 0) is 25.3 Å². The van der Waals surface area contributed by atoms with Crippen molar-refractivity contribution >= 4 is 17.6 Å². The first-order valence-electron chi connectivity index (χ1n) is 8.92. The van der Waals surface area contributed by atoms with Gasteiger partial charge in [-0.2, -0.15) is 0 Å². The van der Waals surface area contributed by atoms with Gasteiger partial charge in [0.05, 0.1) is 5.41 Å². The Morgan fingerprint density at radius 1 is 1.19 bits per heavy atom. The standard InChI is InChI=1S/C19H22F2N2O3/c1-2-15(24)17(25)23-10-8-19(12-23)7-4-9-22(18(19)26)11-13-5-3-6-14(20)16(13)21/h3,5-6H,2,4,7-12H2,1H3. The third kappa shape index (κ3) is 3.22. The Morgan fingerprint density at radius 2 is 1.96 bits per heavy atom. The minimum absolute atomic E-state index is 0.00597. The Kier molecular flexibility index (Phi) is 5.07. The van der Waals surface area contributed by atoms with Gasteiger partial charge in [0.1, 0.15) is 0 Å². The minimum atomic E-state index is -0.934. The lowest BCUT2D eigenvalue weighted by atomic mass is 9.78. The molecule has 2 fully saturated rings. The van der Waals surface area contributed by atoms with Crippen molar-refractivity contribution < 1.29 is 23.2 Å². The third-order valence-electron chi connectivity index (χ3n) is 5.42. The van der Waals surface area contributed by atoms with Crippen LogP contribution in [-0.4, -0.2) is 47.0 Å². The van der Waals surface area contributed by atoms with E-state index in [1.54, 1.807) is 6.92 Å². The van der Waals surface area contributed by atoms with E-state index in [2.05, 4.69) is 0 Å². The molecular formula is C19H22F2N2O3. The SMILES string of the molecule is CCC(=O)C(=O)N1CCC2(CCCN(Cc3cccc(F)c3F)C2=O)C1. The van der Waals surface area contributed by atoms with Crippen molar-refractivity contribution in [2.45, 2.75) is 39.2 Å². The summed E-state index contributed by atoms with van der Waals surface area (Å²) in [5.74, 6) is -3.00. The summed E-state index contributed by atoms with van der Waals surface area (Å²) in [6.07, 6.45) is 2.00. The number of amides is 2. The average molecular weight is 364 g/mol. The Bertz CT molecular complexity index is 752. The Labute approximate surface area is 150 Å². The molecule has 140 valence electrons. The van der Waals surface area contributed by atoms with E-state index in [0.717, 1.165) is 12.5 Å². The number of ketones is 1. The first-order chi connectivity index (χ1) is 12.4. The second kappa shape index (κ2) is 7.13. The molecule has 1 atom stereocenters. The second-order valence-electron chi connectivity index (χ2n) is 7.08. The van der Waals surface area contributed by atoms with Crippen molar-refractivity contribution in [3.8, 4) is 0 Å². The molecule has 3 rings (SSSR count). The van der Waals surface area contributed by atoms with E-state index in [9.17, 15) is 23.2 Å². The maximum atomic E-state index is 13.9. The molecule has 2 saturated heterocycles. The molecule has 0 saturated carbocycles. The Hall–Kier alpha value is -2.31. The van der Waals surface area contributed by atoms with Crippen LogP contribution in [0, 0.1) is 17.0 Å². The smallest absolute Gasteiger partial charge is 0.289 e. The van der Waals surface area contributed by atoms with Gasteiger partial charge in [0.25, 0.3) is 5.91 Å². The van der Waals surface area contributed by atoms with Crippen LogP contribution < -0.4 is 0 Å². The van der Waals surface area contributed by atoms with Crippen LogP contribution in [0.5, 0.6) is 0 Å². The highest BCUT2D eigenvalue weighted by atomic mass is 19.2. The number of hydrogen-bond donors (Lipinski definition) is 0. The number of piperidine rings is 1. The van der Waals surface area contributed by atoms with Crippen LogP contribution in [-0.2, 0) is 20.9 Å². The molecule has 0 bridgehead atoms. The highest BCUT2D eigenvalue weighted by Crippen LogP contribution is 2.40. The summed E-state index contributed by atoms with van der Waals surface area (Å²) in [7, 11) is 0. The van der Waals surface area contributed by atoms with E-state index in [0.29, 0.717) is 25.9 Å². The van der Waals surface area contributed by atoms with Crippen LogP contribution in [0.4, 0.5) is 8.78 Å². The quantitative estimate of drug-likeness (QED) is 0.771. The van der Waals surface area contributed by atoms with Crippen molar-refractivity contribution in [1.29, 1.82) is 0 Å². The first-order valence-corrected chi connectivity index (χ1v) is 8.92. The second-order valence-corrected chi connectivity index (χ2v) is 7.08. The fraction of sp³-hybridized carbons (Fsp3) is 0.526. The van der Waals surface area contributed by atoms with Crippen LogP contribution >= 0.6 is 0 Å². The maximum absolute atomic E-state index is 13.9. The molecule has 7 heteroatoms. The largest absolute Gasteiger partial charge is 0.338 e. The van der Waals surface area contributed by atoms with Gasteiger partial charge in [0, 0.05) is 38.2 Å². The topological polar surface area (TPSA) is 57.7 Å². The van der Waals surface area contributed by atoms with Gasteiger partial charge in [0.2, 0.25) is 11.7 Å². The van der Waals surface area contributed by atoms with Gasteiger partial charge in [-0.15, -0.1) is 0 Å². The number of Topliss-reactive ketones (excluding diaryl/α,β-unsaturated/α-hetero) is 1. The monoisotopic (exact) mass is 364 g/mol. The zero-order chi connectivity index (χ0) is 18.9. The molecule has 2 aliphatic rings. The molecule has 0 aliphatic carbocycles. The van der Waals surface area contributed by atoms with Crippen molar-refractivity contribution in [2.24, 2.45) is 5.41 Å². The molecule has 0 aromatic heterocycles. The van der Waals surface area contributed by atoms with Crippen LogP contribution in [0.3, 0.4) is 0 Å². The lowest BCUT2D eigenvalue weighted by Gasteiger charge is -2.39. The molecule has 1 unspecified atom stereocenters. The number of likely N-dealkylation sites (tertiary alicyclic amines) is 2. The van der Waals surface area contributed by atoms with Gasteiger partial charge in [-0.1, -0.05) is 19.1 Å². The third-order valence-corrected chi connectivity index (χ3v) is 5.42. The van der Waals surface area contributed by atoms with Crippen molar-refractivity contribution in [2.75, 3.05) is 19.6 Å². The molecule has 2 heterocycles. The molecule has 5 nitrogen and oxygen atoms in total. The summed E-state index contributed by atoms with van der Waals surface area (Å²) in [6.45, 7) is 2.70. The summed E-state index contributed by atoms with van der Waals surface area (Å²) in [5.41, 5.74) is -0.575. The predicted octanol–water partition coefficient (Wildman–Crippen LogP) is 2.29. The molecule has 1 spiro atoms. The van der Waals surface area contributed by atoms with E-state index < -0.39 is 28.7 Å². The van der Waals surface area contributed by atoms with Crippen molar-refractivity contribution in [1.82, 2.24) is 9.80 Å². The van der Waals surface area contributed by atoms with Crippen molar-refractivity contribution in [3.05, 3.63) is 35.4 Å². The van der Waals surface area contributed by atoms with Crippen LogP contribution in [0.2, 0.25) is 0 Å².